The highest BCUT2D eigenvalue weighted by molar-refractivity contribution is 5.70. The molecule has 0 amide bonds. The Morgan fingerprint density at radius 2 is 2.00 bits per heavy atom. The molecule has 5 heteroatoms. The molecule has 100 valence electrons. The topological polar surface area (TPSA) is 70.8 Å². The summed E-state index contributed by atoms with van der Waals surface area (Å²) in [6.45, 7) is 0. The molecule has 0 radical (unpaired) electrons. The highest BCUT2D eigenvalue weighted by Gasteiger charge is 2.13. The van der Waals surface area contributed by atoms with Gasteiger partial charge in [0, 0.05) is 12.1 Å². The molecule has 1 atom stereocenters. The largest absolute Gasteiger partial charge is 0.497 e. The van der Waals surface area contributed by atoms with Crippen molar-refractivity contribution >= 4 is 5.97 Å². The van der Waals surface area contributed by atoms with Crippen LogP contribution in [0.4, 0.5) is 0 Å². The van der Waals surface area contributed by atoms with E-state index in [1.807, 2.05) is 12.1 Å². The van der Waals surface area contributed by atoms with Crippen molar-refractivity contribution in [2.45, 2.75) is 18.9 Å². The molecule has 0 heterocycles. The zero-order valence-electron chi connectivity index (χ0n) is 10.9. The molecule has 18 heavy (non-hydrogen) atoms. The highest BCUT2D eigenvalue weighted by Crippen LogP contribution is 2.25. The summed E-state index contributed by atoms with van der Waals surface area (Å²) in [6.07, 6.45) is 0.730. The number of methoxy groups -OCH3 is 3. The number of ether oxygens (including phenoxy) is 3. The Hall–Kier alpha value is -1.75. The first-order valence-electron chi connectivity index (χ1n) is 5.64. The van der Waals surface area contributed by atoms with E-state index in [0.29, 0.717) is 12.2 Å². The lowest BCUT2D eigenvalue weighted by molar-refractivity contribution is -0.140. The number of hydrogen-bond donors (Lipinski definition) is 1. The Morgan fingerprint density at radius 3 is 2.56 bits per heavy atom. The van der Waals surface area contributed by atoms with E-state index in [1.165, 1.54) is 7.11 Å². The van der Waals surface area contributed by atoms with Crippen molar-refractivity contribution in [3.05, 3.63) is 23.8 Å². The van der Waals surface area contributed by atoms with E-state index >= 15 is 0 Å². The summed E-state index contributed by atoms with van der Waals surface area (Å²) in [7, 11) is 4.53. The van der Waals surface area contributed by atoms with Crippen LogP contribution in [0.15, 0.2) is 18.2 Å². The quantitative estimate of drug-likeness (QED) is 0.770. The average molecular weight is 253 g/mol. The van der Waals surface area contributed by atoms with Crippen LogP contribution < -0.4 is 15.2 Å². The third kappa shape index (κ3) is 3.92. The number of carbonyl (C=O) groups is 1. The predicted octanol–water partition coefficient (Wildman–Crippen LogP) is 1.14. The van der Waals surface area contributed by atoms with Crippen LogP contribution in [-0.2, 0) is 16.0 Å². The molecule has 1 rings (SSSR count). The third-order valence-corrected chi connectivity index (χ3v) is 2.63. The molecule has 0 spiro atoms. The summed E-state index contributed by atoms with van der Waals surface area (Å²) in [5, 5.41) is 0. The van der Waals surface area contributed by atoms with Gasteiger partial charge in [-0.05, 0) is 18.1 Å². The van der Waals surface area contributed by atoms with E-state index in [0.717, 1.165) is 11.3 Å². The van der Waals surface area contributed by atoms with Gasteiger partial charge in [-0.1, -0.05) is 6.07 Å². The van der Waals surface area contributed by atoms with Crippen molar-refractivity contribution in [2.75, 3.05) is 21.3 Å². The summed E-state index contributed by atoms with van der Waals surface area (Å²) in [4.78, 5) is 11.1. The molecular formula is C13H19NO4. The monoisotopic (exact) mass is 253 g/mol. The van der Waals surface area contributed by atoms with Crippen molar-refractivity contribution in [3.8, 4) is 11.5 Å². The van der Waals surface area contributed by atoms with Gasteiger partial charge in [-0.25, -0.2) is 0 Å². The molecule has 5 nitrogen and oxygen atoms in total. The fraction of sp³-hybridized carbons (Fsp3) is 0.462. The van der Waals surface area contributed by atoms with Gasteiger partial charge < -0.3 is 19.9 Å². The van der Waals surface area contributed by atoms with Crippen molar-refractivity contribution in [3.63, 3.8) is 0 Å². The lowest BCUT2D eigenvalue weighted by atomic mass is 10.0. The molecule has 2 N–H and O–H groups in total. The van der Waals surface area contributed by atoms with Crippen LogP contribution >= 0.6 is 0 Å². The van der Waals surface area contributed by atoms with Crippen molar-refractivity contribution in [2.24, 2.45) is 5.73 Å². The number of nitrogens with two attached hydrogens (primary N) is 1. The maximum atomic E-state index is 11.1. The Labute approximate surface area is 107 Å². The van der Waals surface area contributed by atoms with Crippen molar-refractivity contribution in [1.29, 1.82) is 0 Å². The molecule has 1 aromatic carbocycles. The minimum atomic E-state index is -0.310. The number of benzene rings is 1. The van der Waals surface area contributed by atoms with Gasteiger partial charge in [0.05, 0.1) is 27.8 Å². The second kappa shape index (κ2) is 6.86. The fourth-order valence-corrected chi connectivity index (χ4v) is 1.67. The standard InChI is InChI=1S/C13H19NO4/c1-16-11-5-4-9(12(8-11)17-2)6-10(14)7-13(15)18-3/h4-5,8,10H,6-7,14H2,1-3H3. The van der Waals surface area contributed by atoms with E-state index in [4.69, 9.17) is 15.2 Å². The number of rotatable bonds is 6. The molecule has 0 aliphatic rings. The SMILES string of the molecule is COC(=O)CC(N)Cc1ccc(OC)cc1OC. The van der Waals surface area contributed by atoms with E-state index < -0.39 is 0 Å². The van der Waals surface area contributed by atoms with Crippen LogP contribution in [0.2, 0.25) is 0 Å². The van der Waals surface area contributed by atoms with Crippen LogP contribution in [0.3, 0.4) is 0 Å². The van der Waals surface area contributed by atoms with Gasteiger partial charge in [0.15, 0.2) is 0 Å². The van der Waals surface area contributed by atoms with Crippen LogP contribution in [0.5, 0.6) is 11.5 Å². The summed E-state index contributed by atoms with van der Waals surface area (Å²) in [6, 6.07) is 5.22. The van der Waals surface area contributed by atoms with Crippen LogP contribution in [0, 0.1) is 0 Å². The summed E-state index contributed by atoms with van der Waals surface area (Å²) in [5.41, 5.74) is 6.83. The Kier molecular flexibility index (Phi) is 5.45. The molecule has 0 saturated heterocycles. The van der Waals surface area contributed by atoms with E-state index in [-0.39, 0.29) is 18.4 Å². The van der Waals surface area contributed by atoms with E-state index in [9.17, 15) is 4.79 Å². The molecule has 0 aliphatic heterocycles. The van der Waals surface area contributed by atoms with E-state index in [2.05, 4.69) is 4.74 Å². The predicted molar refractivity (Wildman–Crippen MR) is 67.9 cm³/mol. The summed E-state index contributed by atoms with van der Waals surface area (Å²) < 4.78 is 15.0. The number of esters is 1. The minimum absolute atomic E-state index is 0.186. The van der Waals surface area contributed by atoms with Crippen molar-refractivity contribution < 1.29 is 19.0 Å². The Balaban J connectivity index is 2.74. The smallest absolute Gasteiger partial charge is 0.307 e. The Bertz CT molecular complexity index is 406. The zero-order chi connectivity index (χ0) is 13.5. The van der Waals surface area contributed by atoms with Crippen LogP contribution in [-0.4, -0.2) is 33.3 Å². The molecule has 0 aliphatic carbocycles. The van der Waals surface area contributed by atoms with Gasteiger partial charge in [0.25, 0.3) is 0 Å². The van der Waals surface area contributed by atoms with Gasteiger partial charge in [-0.3, -0.25) is 4.79 Å². The summed E-state index contributed by atoms with van der Waals surface area (Å²) >= 11 is 0. The number of carbonyl (C=O) groups excluding carboxylic acids is 1. The molecule has 0 bridgehead atoms. The average Bonchev–Trinajstić information content (AvgIpc) is 2.38. The zero-order valence-corrected chi connectivity index (χ0v) is 10.9. The third-order valence-electron chi connectivity index (χ3n) is 2.63. The van der Waals surface area contributed by atoms with Crippen LogP contribution in [0.1, 0.15) is 12.0 Å². The second-order valence-corrected chi connectivity index (χ2v) is 3.92. The second-order valence-electron chi connectivity index (χ2n) is 3.92. The first kappa shape index (κ1) is 14.3. The molecular weight excluding hydrogens is 234 g/mol. The van der Waals surface area contributed by atoms with Gasteiger partial charge in [-0.15, -0.1) is 0 Å². The summed E-state index contributed by atoms with van der Waals surface area (Å²) in [5.74, 6) is 1.11. The lowest BCUT2D eigenvalue weighted by Gasteiger charge is -2.14. The molecule has 1 unspecified atom stereocenters. The normalized spacial score (nSPS) is 11.8. The molecule has 0 saturated carbocycles. The Morgan fingerprint density at radius 1 is 1.28 bits per heavy atom. The molecule has 0 aromatic heterocycles. The highest BCUT2D eigenvalue weighted by atomic mass is 16.5. The first-order valence-corrected chi connectivity index (χ1v) is 5.64. The molecule has 1 aromatic rings. The maximum absolute atomic E-state index is 11.1. The van der Waals surface area contributed by atoms with Crippen LogP contribution in [0.25, 0.3) is 0 Å². The fourth-order valence-electron chi connectivity index (χ4n) is 1.67. The molecule has 0 fully saturated rings. The van der Waals surface area contributed by atoms with Gasteiger partial charge in [0.1, 0.15) is 11.5 Å². The van der Waals surface area contributed by atoms with Gasteiger partial charge in [0.2, 0.25) is 0 Å². The lowest BCUT2D eigenvalue weighted by Crippen LogP contribution is -2.27. The number of hydrogen-bond acceptors (Lipinski definition) is 5. The first-order chi connectivity index (χ1) is 8.60. The van der Waals surface area contributed by atoms with E-state index in [1.54, 1.807) is 20.3 Å². The maximum Gasteiger partial charge on any atom is 0.307 e. The van der Waals surface area contributed by atoms with Crippen molar-refractivity contribution in [1.82, 2.24) is 0 Å². The van der Waals surface area contributed by atoms with Gasteiger partial charge in [-0.2, -0.15) is 0 Å². The minimum Gasteiger partial charge on any atom is -0.497 e. The van der Waals surface area contributed by atoms with Gasteiger partial charge >= 0.3 is 5.97 Å².